The van der Waals surface area contributed by atoms with Gasteiger partial charge in [0.05, 0.1) is 6.61 Å². The maximum absolute atomic E-state index is 11.0. The Balaban J connectivity index is 3.92. The van der Waals surface area contributed by atoms with Gasteiger partial charge < -0.3 is 23.1 Å². The maximum atomic E-state index is 11.0. The van der Waals surface area contributed by atoms with E-state index in [0.29, 0.717) is 12.5 Å². The van der Waals surface area contributed by atoms with Crippen molar-refractivity contribution in [1.29, 1.82) is 0 Å². The van der Waals surface area contributed by atoms with Gasteiger partial charge in [0.2, 0.25) is 0 Å². The molecule has 0 aliphatic heterocycles. The molecular formula is C10H18O7Si. The molecule has 0 bridgehead atoms. The number of carboxylic acid groups (broad SMARTS) is 1. The molecule has 0 heterocycles. The number of carboxylic acids is 1. The first-order valence-corrected chi connectivity index (χ1v) is 7.16. The molecule has 0 radical (unpaired) electrons. The second-order valence-electron chi connectivity index (χ2n) is 3.24. The van der Waals surface area contributed by atoms with Gasteiger partial charge in [-0.2, -0.15) is 0 Å². The van der Waals surface area contributed by atoms with Crippen LogP contribution in [0.25, 0.3) is 0 Å². The zero-order chi connectivity index (χ0) is 14.0. The van der Waals surface area contributed by atoms with Gasteiger partial charge in [-0.05, 0) is 6.42 Å². The van der Waals surface area contributed by atoms with Crippen molar-refractivity contribution < 1.29 is 32.7 Å². The molecule has 0 aliphatic rings. The molecule has 0 unspecified atom stereocenters. The summed E-state index contributed by atoms with van der Waals surface area (Å²) in [7, 11) is 1.87. The Morgan fingerprint density at radius 2 is 1.67 bits per heavy atom. The third kappa shape index (κ3) is 6.50. The van der Waals surface area contributed by atoms with Gasteiger partial charge in [-0.25, -0.2) is 9.59 Å². The zero-order valence-electron chi connectivity index (χ0n) is 10.7. The summed E-state index contributed by atoms with van der Waals surface area (Å²) in [6.07, 6.45) is 2.09. The number of rotatable bonds is 9. The minimum absolute atomic E-state index is 0.146. The lowest BCUT2D eigenvalue weighted by Gasteiger charge is -2.23. The average molecular weight is 278 g/mol. The summed E-state index contributed by atoms with van der Waals surface area (Å²) in [5, 5.41) is 8.30. The number of carbonyl (C=O) groups excluding carboxylic acids is 1. The van der Waals surface area contributed by atoms with Crippen molar-refractivity contribution in [2.24, 2.45) is 0 Å². The first kappa shape index (κ1) is 16.8. The van der Waals surface area contributed by atoms with Crippen LogP contribution in [-0.2, 0) is 27.6 Å². The number of carbonyl (C=O) groups is 2. The fourth-order valence-corrected chi connectivity index (χ4v) is 2.89. The lowest BCUT2D eigenvalue weighted by atomic mass is 10.5. The molecule has 1 N–H and O–H groups in total. The quantitative estimate of drug-likeness (QED) is 0.283. The molecule has 18 heavy (non-hydrogen) atoms. The summed E-state index contributed by atoms with van der Waals surface area (Å²) in [6, 6.07) is 0.506. The largest absolute Gasteiger partial charge is 0.500 e. The standard InChI is InChI=1S/C10H18O7Si/c1-14-18(15-2,16-3)8-4-7-17-10(13)6-5-9(11)12/h5-6H,4,7-8H2,1-3H3,(H,11,12)/b6-5+. The van der Waals surface area contributed by atoms with Crippen LogP contribution in [-0.4, -0.2) is 53.8 Å². The van der Waals surface area contributed by atoms with Crippen LogP contribution >= 0.6 is 0 Å². The SMILES string of the molecule is CO[Si](CCCOC(=O)/C=C/C(=O)O)(OC)OC. The fourth-order valence-electron chi connectivity index (χ4n) is 1.21. The van der Waals surface area contributed by atoms with Crippen molar-refractivity contribution in [2.75, 3.05) is 27.9 Å². The molecule has 0 aliphatic carbocycles. The Hall–Kier alpha value is -1.22. The van der Waals surface area contributed by atoms with Crippen molar-refractivity contribution in [3.63, 3.8) is 0 Å². The van der Waals surface area contributed by atoms with E-state index in [-0.39, 0.29) is 6.61 Å². The van der Waals surface area contributed by atoms with Gasteiger partial charge >= 0.3 is 20.7 Å². The number of hydrogen-bond acceptors (Lipinski definition) is 6. The first-order valence-electron chi connectivity index (χ1n) is 5.23. The van der Waals surface area contributed by atoms with E-state index in [4.69, 9.17) is 23.1 Å². The van der Waals surface area contributed by atoms with Crippen LogP contribution in [0.5, 0.6) is 0 Å². The molecule has 0 amide bonds. The minimum Gasteiger partial charge on any atom is -0.478 e. The van der Waals surface area contributed by atoms with Gasteiger partial charge in [-0.1, -0.05) is 0 Å². The highest BCUT2D eigenvalue weighted by molar-refractivity contribution is 6.60. The number of ether oxygens (including phenoxy) is 1. The van der Waals surface area contributed by atoms with Crippen LogP contribution in [0.3, 0.4) is 0 Å². The molecule has 7 nitrogen and oxygen atoms in total. The van der Waals surface area contributed by atoms with E-state index in [9.17, 15) is 9.59 Å². The van der Waals surface area contributed by atoms with Gasteiger partial charge in [0.25, 0.3) is 0 Å². The second kappa shape index (κ2) is 8.81. The summed E-state index contributed by atoms with van der Waals surface area (Å²) in [6.45, 7) is 0.146. The Bertz CT molecular complexity index is 290. The molecule has 0 aromatic rings. The van der Waals surface area contributed by atoms with E-state index in [0.717, 1.165) is 12.2 Å². The van der Waals surface area contributed by atoms with E-state index in [1.165, 1.54) is 21.3 Å². The molecule has 8 heteroatoms. The van der Waals surface area contributed by atoms with Crippen LogP contribution in [0.2, 0.25) is 6.04 Å². The summed E-state index contributed by atoms with van der Waals surface area (Å²) in [4.78, 5) is 21.2. The molecule has 0 fully saturated rings. The summed E-state index contributed by atoms with van der Waals surface area (Å²) < 4.78 is 20.3. The van der Waals surface area contributed by atoms with Crippen molar-refractivity contribution in [3.05, 3.63) is 12.2 Å². The predicted octanol–water partition coefficient (Wildman–Crippen LogP) is 0.439. The molecule has 0 aromatic heterocycles. The van der Waals surface area contributed by atoms with Gasteiger partial charge in [0.1, 0.15) is 0 Å². The van der Waals surface area contributed by atoms with Gasteiger partial charge in [0.15, 0.2) is 0 Å². The first-order chi connectivity index (χ1) is 8.49. The normalized spacial score (nSPS) is 11.7. The highest BCUT2D eigenvalue weighted by Crippen LogP contribution is 2.14. The van der Waals surface area contributed by atoms with E-state index in [1.807, 2.05) is 0 Å². The Kier molecular flexibility index (Phi) is 8.21. The molecule has 0 atom stereocenters. The molecule has 0 spiro atoms. The Morgan fingerprint density at radius 1 is 1.11 bits per heavy atom. The van der Waals surface area contributed by atoms with E-state index in [2.05, 4.69) is 0 Å². The third-order valence-electron chi connectivity index (χ3n) is 2.17. The molecular weight excluding hydrogens is 260 g/mol. The van der Waals surface area contributed by atoms with E-state index < -0.39 is 20.7 Å². The van der Waals surface area contributed by atoms with E-state index >= 15 is 0 Å². The van der Waals surface area contributed by atoms with Crippen molar-refractivity contribution in [3.8, 4) is 0 Å². The van der Waals surface area contributed by atoms with Crippen LogP contribution in [0, 0.1) is 0 Å². The Labute approximate surface area is 107 Å². The highest BCUT2D eigenvalue weighted by atomic mass is 28.4. The summed E-state index contributed by atoms with van der Waals surface area (Å²) >= 11 is 0. The van der Waals surface area contributed by atoms with Crippen molar-refractivity contribution >= 4 is 20.7 Å². The van der Waals surface area contributed by atoms with Crippen LogP contribution in [0.1, 0.15) is 6.42 Å². The fraction of sp³-hybridized carbons (Fsp3) is 0.600. The summed E-state index contributed by atoms with van der Waals surface area (Å²) in [5.74, 6) is -1.89. The van der Waals surface area contributed by atoms with Crippen LogP contribution < -0.4 is 0 Å². The molecule has 0 aromatic carbocycles. The summed E-state index contributed by atoms with van der Waals surface area (Å²) in [5.41, 5.74) is 0. The number of hydrogen-bond donors (Lipinski definition) is 1. The minimum atomic E-state index is -2.63. The van der Waals surface area contributed by atoms with Crippen molar-refractivity contribution in [2.45, 2.75) is 12.5 Å². The van der Waals surface area contributed by atoms with Crippen molar-refractivity contribution in [1.82, 2.24) is 0 Å². The Morgan fingerprint density at radius 3 is 2.11 bits per heavy atom. The van der Waals surface area contributed by atoms with Crippen LogP contribution in [0.15, 0.2) is 12.2 Å². The predicted molar refractivity (Wildman–Crippen MR) is 63.9 cm³/mol. The highest BCUT2D eigenvalue weighted by Gasteiger charge is 2.36. The number of aliphatic carboxylic acids is 1. The molecule has 0 saturated carbocycles. The second-order valence-corrected chi connectivity index (χ2v) is 6.33. The zero-order valence-corrected chi connectivity index (χ0v) is 11.7. The average Bonchev–Trinajstić information content (AvgIpc) is 2.37. The third-order valence-corrected chi connectivity index (χ3v) is 5.00. The maximum Gasteiger partial charge on any atom is 0.500 e. The van der Waals surface area contributed by atoms with Crippen LogP contribution in [0.4, 0.5) is 0 Å². The lowest BCUT2D eigenvalue weighted by Crippen LogP contribution is -2.42. The van der Waals surface area contributed by atoms with Gasteiger partial charge in [0, 0.05) is 39.5 Å². The topological polar surface area (TPSA) is 91.3 Å². The van der Waals surface area contributed by atoms with E-state index in [1.54, 1.807) is 0 Å². The smallest absolute Gasteiger partial charge is 0.478 e. The van der Waals surface area contributed by atoms with Gasteiger partial charge in [-0.3, -0.25) is 0 Å². The molecule has 104 valence electrons. The molecule has 0 saturated heterocycles. The van der Waals surface area contributed by atoms with Gasteiger partial charge in [-0.15, -0.1) is 0 Å². The number of esters is 1. The monoisotopic (exact) mass is 278 g/mol. The molecule has 0 rings (SSSR count). The lowest BCUT2D eigenvalue weighted by molar-refractivity contribution is -0.138.